The van der Waals surface area contributed by atoms with E-state index in [0.29, 0.717) is 33.8 Å². The first-order chi connectivity index (χ1) is 33.8. The van der Waals surface area contributed by atoms with E-state index in [1.54, 1.807) is 24.3 Å². The molecular formula is C61H32N8. The van der Waals surface area contributed by atoms with Crippen molar-refractivity contribution in [2.24, 2.45) is 0 Å². The van der Waals surface area contributed by atoms with Gasteiger partial charge in [0.15, 0.2) is 17.1 Å². The molecule has 0 aliphatic rings. The Hall–Kier alpha value is -10.5. The predicted molar refractivity (Wildman–Crippen MR) is 275 cm³/mol. The van der Waals surface area contributed by atoms with Crippen molar-refractivity contribution in [2.45, 2.75) is 6.92 Å². The first-order valence-electron chi connectivity index (χ1n) is 21.9. The van der Waals surface area contributed by atoms with Crippen LogP contribution in [0.3, 0.4) is 0 Å². The van der Waals surface area contributed by atoms with Crippen LogP contribution in [0.25, 0.3) is 114 Å². The van der Waals surface area contributed by atoms with Crippen LogP contribution in [0.2, 0.25) is 0 Å². The summed E-state index contributed by atoms with van der Waals surface area (Å²) in [5, 5.41) is 33.5. The average molecular weight is 877 g/mol. The third kappa shape index (κ3) is 6.71. The van der Waals surface area contributed by atoms with Crippen LogP contribution in [-0.2, 0) is 0 Å². The van der Waals surface area contributed by atoms with Gasteiger partial charge in [-0.1, -0.05) is 84.9 Å². The summed E-state index contributed by atoms with van der Waals surface area (Å²) in [5.74, 6) is 0. The van der Waals surface area contributed by atoms with Gasteiger partial charge in [0, 0.05) is 38.2 Å². The molecule has 2 heterocycles. The highest BCUT2D eigenvalue weighted by molar-refractivity contribution is 6.13. The van der Waals surface area contributed by atoms with Crippen molar-refractivity contribution < 1.29 is 0 Å². The second-order valence-corrected chi connectivity index (χ2v) is 16.8. The molecule has 316 valence electrons. The molecular weight excluding hydrogens is 845 g/mol. The summed E-state index contributed by atoms with van der Waals surface area (Å²) < 4.78 is 4.52. The summed E-state index contributed by atoms with van der Waals surface area (Å²) in [5.41, 5.74) is 16.0. The minimum atomic E-state index is 0.405. The molecule has 0 aliphatic carbocycles. The van der Waals surface area contributed by atoms with Gasteiger partial charge in [-0.05, 0) is 142 Å². The third-order valence-corrected chi connectivity index (χ3v) is 13.0. The highest BCUT2D eigenvalue weighted by Crippen LogP contribution is 2.45. The van der Waals surface area contributed by atoms with E-state index in [4.69, 9.17) is 19.7 Å². The Kier molecular flexibility index (Phi) is 9.86. The fraction of sp³-hybridized carbons (Fsp3) is 0.0164. The molecule has 0 spiro atoms. The number of hydrogen-bond acceptors (Lipinski definition) is 3. The number of aryl methyl sites for hydroxylation is 1. The number of fused-ring (bicyclic) bond motifs is 6. The molecule has 0 radical (unpaired) electrons. The molecule has 0 unspecified atom stereocenters. The Morgan fingerprint density at radius 1 is 0.391 bits per heavy atom. The summed E-state index contributed by atoms with van der Waals surface area (Å²) in [6.07, 6.45) is 0. The minimum absolute atomic E-state index is 0.405. The van der Waals surface area contributed by atoms with Crippen molar-refractivity contribution in [1.29, 1.82) is 15.8 Å². The van der Waals surface area contributed by atoms with Gasteiger partial charge in [-0.25, -0.2) is 14.5 Å². The molecule has 69 heavy (non-hydrogen) atoms. The van der Waals surface area contributed by atoms with Gasteiger partial charge in [0.1, 0.15) is 0 Å². The van der Waals surface area contributed by atoms with Gasteiger partial charge in [0.25, 0.3) is 0 Å². The van der Waals surface area contributed by atoms with Crippen LogP contribution < -0.4 is 0 Å². The number of rotatable bonds is 6. The quantitative estimate of drug-likeness (QED) is 0.156. The molecule has 0 saturated carbocycles. The van der Waals surface area contributed by atoms with Crippen molar-refractivity contribution in [1.82, 2.24) is 9.13 Å². The topological polar surface area (TPSA) is 94.3 Å². The Morgan fingerprint density at radius 3 is 1.48 bits per heavy atom. The van der Waals surface area contributed by atoms with Crippen molar-refractivity contribution in [3.63, 3.8) is 0 Å². The molecule has 0 N–H and O–H groups in total. The molecule has 0 saturated heterocycles. The second-order valence-electron chi connectivity index (χ2n) is 16.8. The SMILES string of the molecule is [C-]#[N+]c1ccc(-c2ccc3c(c2)c2ccccc2n3-c2ccc(-c3ccc(C#N)cc3C)cc2-c2cc([N+]#[C-])ccc2-n2c3ccccc3c3cc(-c4ccc(C#N)cc4[N+]#[C-])ccc32)c(C#N)c1. The lowest BCUT2D eigenvalue weighted by Gasteiger charge is -2.20. The van der Waals surface area contributed by atoms with Gasteiger partial charge in [-0.15, -0.1) is 0 Å². The van der Waals surface area contributed by atoms with E-state index in [-0.39, 0.29) is 0 Å². The Labute approximate surface area is 397 Å². The van der Waals surface area contributed by atoms with Gasteiger partial charge in [-0.3, -0.25) is 0 Å². The maximum Gasteiger partial charge on any atom is 0.196 e. The highest BCUT2D eigenvalue weighted by atomic mass is 15.0. The fourth-order valence-corrected chi connectivity index (χ4v) is 9.86. The maximum absolute atomic E-state index is 10.2. The largest absolute Gasteiger partial charge is 0.309 e. The Balaban J connectivity index is 1.20. The molecule has 0 aliphatic heterocycles. The molecule has 11 aromatic rings. The van der Waals surface area contributed by atoms with E-state index in [1.807, 2.05) is 91.9 Å². The number of hydrogen-bond donors (Lipinski definition) is 0. The zero-order valence-corrected chi connectivity index (χ0v) is 36.8. The molecule has 0 bridgehead atoms. The monoisotopic (exact) mass is 876 g/mol. The summed E-state index contributed by atoms with van der Waals surface area (Å²) in [6, 6.07) is 64.1. The van der Waals surface area contributed by atoms with Crippen molar-refractivity contribution in [2.75, 3.05) is 0 Å². The Bertz CT molecular complexity index is 4290. The number of nitriles is 3. The molecule has 8 heteroatoms. The summed E-state index contributed by atoms with van der Waals surface area (Å²) in [4.78, 5) is 11.3. The number of nitrogens with zero attached hydrogens (tertiary/aromatic N) is 8. The zero-order chi connectivity index (χ0) is 47.3. The van der Waals surface area contributed by atoms with Crippen LogP contribution in [0.1, 0.15) is 22.3 Å². The molecule has 2 aromatic heterocycles. The lowest BCUT2D eigenvalue weighted by Crippen LogP contribution is -2.02. The minimum Gasteiger partial charge on any atom is -0.309 e. The van der Waals surface area contributed by atoms with E-state index in [2.05, 4.69) is 109 Å². The lowest BCUT2D eigenvalue weighted by molar-refractivity contribution is 1.16. The van der Waals surface area contributed by atoms with E-state index >= 15 is 0 Å². The predicted octanol–water partition coefficient (Wildman–Crippen LogP) is 16.1. The number of benzene rings is 9. The van der Waals surface area contributed by atoms with Gasteiger partial charge in [0.05, 0.1) is 76.9 Å². The van der Waals surface area contributed by atoms with Crippen LogP contribution in [0.15, 0.2) is 176 Å². The summed E-state index contributed by atoms with van der Waals surface area (Å²) in [6.45, 7) is 25.8. The third-order valence-electron chi connectivity index (χ3n) is 13.0. The summed E-state index contributed by atoms with van der Waals surface area (Å²) >= 11 is 0. The fourth-order valence-electron chi connectivity index (χ4n) is 9.86. The zero-order valence-electron chi connectivity index (χ0n) is 36.8. The maximum atomic E-state index is 10.2. The second kappa shape index (κ2) is 16.5. The van der Waals surface area contributed by atoms with Crippen LogP contribution in [0.5, 0.6) is 0 Å². The van der Waals surface area contributed by atoms with E-state index < -0.39 is 0 Å². The number of para-hydroxylation sites is 2. The average Bonchev–Trinajstić information content (AvgIpc) is 3.92. The lowest BCUT2D eigenvalue weighted by atomic mass is 9.93. The van der Waals surface area contributed by atoms with Crippen LogP contribution >= 0.6 is 0 Å². The smallest absolute Gasteiger partial charge is 0.196 e. The van der Waals surface area contributed by atoms with E-state index in [9.17, 15) is 15.8 Å². The van der Waals surface area contributed by atoms with E-state index in [1.165, 1.54) is 0 Å². The van der Waals surface area contributed by atoms with Gasteiger partial charge in [-0.2, -0.15) is 15.8 Å². The van der Waals surface area contributed by atoms with Gasteiger partial charge in [0.2, 0.25) is 0 Å². The van der Waals surface area contributed by atoms with Gasteiger partial charge < -0.3 is 9.13 Å². The molecule has 11 rings (SSSR count). The van der Waals surface area contributed by atoms with Crippen molar-refractivity contribution in [3.05, 3.63) is 232 Å². The normalized spacial score (nSPS) is 10.9. The summed E-state index contributed by atoms with van der Waals surface area (Å²) in [7, 11) is 0. The number of aromatic nitrogens is 2. The first-order valence-corrected chi connectivity index (χ1v) is 21.9. The molecule has 0 amide bonds. The molecule has 8 nitrogen and oxygen atoms in total. The molecule has 0 fully saturated rings. The van der Waals surface area contributed by atoms with Crippen LogP contribution in [0.4, 0.5) is 17.1 Å². The Morgan fingerprint density at radius 2 is 0.884 bits per heavy atom. The first kappa shape index (κ1) is 41.2. The molecule has 9 aromatic carbocycles. The van der Waals surface area contributed by atoms with Crippen molar-refractivity contribution >= 4 is 60.7 Å². The van der Waals surface area contributed by atoms with Crippen molar-refractivity contribution in [3.8, 4) is 74.1 Å². The van der Waals surface area contributed by atoms with Crippen LogP contribution in [-0.4, -0.2) is 9.13 Å². The standard InChI is InChI=1S/C61H32N8/c1-37-27-38(34-62)13-20-46(37)40-15-23-60(68-56-11-7-5-9-49(56)51-31-41(16-24-58(51)68)47-22-18-44(65-2)29-43(47)36-64)53(30-40)54-33-45(66-3)19-26-61(54)69-57-12-8-6-10-50(57)52-32-42(17-25-59(52)69)48-21-14-39(35-63)28-55(48)67-4/h5-33H,1H3. The van der Waals surface area contributed by atoms with E-state index in [0.717, 1.165) is 105 Å². The molecule has 0 atom stereocenters. The van der Waals surface area contributed by atoms with Gasteiger partial charge >= 0.3 is 0 Å². The van der Waals surface area contributed by atoms with Crippen LogP contribution in [0, 0.1) is 60.6 Å². The highest BCUT2D eigenvalue weighted by Gasteiger charge is 2.23.